The fraction of sp³-hybridized carbons (Fsp3) is 0.333. The lowest BCUT2D eigenvalue weighted by Crippen LogP contribution is -2.23. The zero-order chi connectivity index (χ0) is 20.2. The SMILES string of the molecule is CC(C)(O)c1c(F)cc(F)c(-c2c(F)cc(F)c(C(C)(C)O)c2F)c1F. The Morgan fingerprint density at radius 1 is 0.577 bits per heavy atom. The van der Waals surface area contributed by atoms with Crippen molar-refractivity contribution in [3.8, 4) is 11.1 Å². The van der Waals surface area contributed by atoms with Gasteiger partial charge < -0.3 is 10.2 Å². The first-order chi connectivity index (χ1) is 11.7. The largest absolute Gasteiger partial charge is 0.386 e. The summed E-state index contributed by atoms with van der Waals surface area (Å²) in [5, 5.41) is 19.8. The predicted octanol–water partition coefficient (Wildman–Crippen LogP) is 4.64. The van der Waals surface area contributed by atoms with Gasteiger partial charge in [0.1, 0.15) is 34.9 Å². The lowest BCUT2D eigenvalue weighted by molar-refractivity contribution is 0.0689. The van der Waals surface area contributed by atoms with Crippen LogP contribution in [0.4, 0.5) is 26.3 Å². The first-order valence-electron chi connectivity index (χ1n) is 7.49. The molecule has 0 radical (unpaired) electrons. The number of benzene rings is 2. The molecule has 0 bridgehead atoms. The molecule has 0 fully saturated rings. The van der Waals surface area contributed by atoms with E-state index in [1.807, 2.05) is 0 Å². The molecule has 26 heavy (non-hydrogen) atoms. The molecule has 2 rings (SSSR count). The van der Waals surface area contributed by atoms with Crippen LogP contribution in [0.2, 0.25) is 0 Å². The molecule has 142 valence electrons. The number of hydrogen-bond acceptors (Lipinski definition) is 2. The summed E-state index contributed by atoms with van der Waals surface area (Å²) in [6.07, 6.45) is 0. The van der Waals surface area contributed by atoms with E-state index < -0.39 is 68.4 Å². The average molecular weight is 378 g/mol. The molecule has 2 N–H and O–H groups in total. The summed E-state index contributed by atoms with van der Waals surface area (Å²) in [5.74, 6) is -9.69. The highest BCUT2D eigenvalue weighted by molar-refractivity contribution is 5.69. The fourth-order valence-electron chi connectivity index (χ4n) is 2.76. The van der Waals surface area contributed by atoms with Crippen LogP contribution in [-0.2, 0) is 11.2 Å². The highest BCUT2D eigenvalue weighted by atomic mass is 19.2. The maximum absolute atomic E-state index is 14.7. The van der Waals surface area contributed by atoms with Gasteiger partial charge in [-0.3, -0.25) is 0 Å². The van der Waals surface area contributed by atoms with Crippen LogP contribution >= 0.6 is 0 Å². The van der Waals surface area contributed by atoms with Crippen molar-refractivity contribution in [2.24, 2.45) is 0 Å². The Kier molecular flexibility index (Phi) is 4.89. The summed E-state index contributed by atoms with van der Waals surface area (Å²) in [6.45, 7) is 3.98. The molecule has 2 aromatic carbocycles. The number of aliphatic hydroxyl groups is 2. The van der Waals surface area contributed by atoms with E-state index in [2.05, 4.69) is 0 Å². The van der Waals surface area contributed by atoms with Crippen molar-refractivity contribution in [1.82, 2.24) is 0 Å². The van der Waals surface area contributed by atoms with Crippen LogP contribution in [0.1, 0.15) is 38.8 Å². The maximum atomic E-state index is 14.7. The van der Waals surface area contributed by atoms with Crippen LogP contribution < -0.4 is 0 Å². The van der Waals surface area contributed by atoms with Crippen LogP contribution in [0.25, 0.3) is 11.1 Å². The molecular formula is C18H16F6O2. The van der Waals surface area contributed by atoms with Crippen LogP contribution in [0.15, 0.2) is 12.1 Å². The number of halogens is 6. The number of rotatable bonds is 3. The Bertz CT molecular complexity index is 806. The monoisotopic (exact) mass is 378 g/mol. The summed E-state index contributed by atoms with van der Waals surface area (Å²) in [6, 6.07) is 0.329. The Hall–Kier alpha value is -2.06. The van der Waals surface area contributed by atoms with E-state index >= 15 is 0 Å². The van der Waals surface area contributed by atoms with Crippen LogP contribution in [0.3, 0.4) is 0 Å². The zero-order valence-corrected chi connectivity index (χ0v) is 14.3. The molecule has 0 saturated carbocycles. The van der Waals surface area contributed by atoms with Gasteiger partial charge in [-0.25, -0.2) is 26.3 Å². The Morgan fingerprint density at radius 2 is 0.846 bits per heavy atom. The van der Waals surface area contributed by atoms with E-state index in [1.165, 1.54) is 0 Å². The van der Waals surface area contributed by atoms with Crippen molar-refractivity contribution in [2.45, 2.75) is 38.9 Å². The molecule has 0 heterocycles. The Labute approximate surface area is 145 Å². The lowest BCUT2D eigenvalue weighted by atomic mass is 9.88. The van der Waals surface area contributed by atoms with E-state index in [-0.39, 0.29) is 12.1 Å². The minimum Gasteiger partial charge on any atom is -0.386 e. The molecule has 0 amide bonds. The van der Waals surface area contributed by atoms with Crippen LogP contribution in [0, 0.1) is 34.9 Å². The minimum atomic E-state index is -2.14. The molecule has 0 saturated heterocycles. The molecule has 2 aromatic rings. The van der Waals surface area contributed by atoms with Gasteiger partial charge in [0, 0.05) is 12.1 Å². The van der Waals surface area contributed by atoms with Gasteiger partial charge in [-0.05, 0) is 27.7 Å². The topological polar surface area (TPSA) is 40.5 Å². The predicted molar refractivity (Wildman–Crippen MR) is 82.1 cm³/mol. The first kappa shape index (κ1) is 20.3. The summed E-state index contributed by atoms with van der Waals surface area (Å²) >= 11 is 0. The molecule has 0 aliphatic carbocycles. The average Bonchev–Trinajstić information content (AvgIpc) is 2.37. The van der Waals surface area contributed by atoms with Crippen molar-refractivity contribution >= 4 is 0 Å². The maximum Gasteiger partial charge on any atom is 0.143 e. The Morgan fingerprint density at radius 3 is 1.08 bits per heavy atom. The summed E-state index contributed by atoms with van der Waals surface area (Å²) in [5.41, 5.74) is -8.93. The third-order valence-electron chi connectivity index (χ3n) is 3.81. The van der Waals surface area contributed by atoms with Crippen molar-refractivity contribution in [2.75, 3.05) is 0 Å². The highest BCUT2D eigenvalue weighted by Gasteiger charge is 2.35. The third-order valence-corrected chi connectivity index (χ3v) is 3.81. The number of hydrogen-bond donors (Lipinski definition) is 2. The molecule has 0 unspecified atom stereocenters. The minimum absolute atomic E-state index is 0.164. The van der Waals surface area contributed by atoms with Gasteiger partial charge in [0.15, 0.2) is 0 Å². The molecule has 0 aliphatic rings. The van der Waals surface area contributed by atoms with E-state index in [4.69, 9.17) is 0 Å². The molecule has 0 spiro atoms. The smallest absolute Gasteiger partial charge is 0.143 e. The molecule has 0 aliphatic heterocycles. The highest BCUT2D eigenvalue weighted by Crippen LogP contribution is 2.40. The van der Waals surface area contributed by atoms with Gasteiger partial charge in [0.2, 0.25) is 0 Å². The fourth-order valence-corrected chi connectivity index (χ4v) is 2.76. The van der Waals surface area contributed by atoms with E-state index in [0.29, 0.717) is 0 Å². The standard InChI is InChI=1S/C18H16F6O2/c1-17(2,25)13-9(21)5-7(19)11(15(13)23)12-8(20)6-10(22)14(16(12)24)18(3,4)26/h5-6,25-26H,1-4H3. The van der Waals surface area contributed by atoms with Crippen molar-refractivity contribution in [3.05, 3.63) is 58.2 Å². The zero-order valence-electron chi connectivity index (χ0n) is 14.3. The Balaban J connectivity index is 2.99. The normalized spacial score (nSPS) is 12.6. The van der Waals surface area contributed by atoms with E-state index in [0.717, 1.165) is 27.7 Å². The first-order valence-corrected chi connectivity index (χ1v) is 7.49. The van der Waals surface area contributed by atoms with Gasteiger partial charge in [-0.15, -0.1) is 0 Å². The quantitative estimate of drug-likeness (QED) is 0.764. The third kappa shape index (κ3) is 3.31. The summed E-state index contributed by atoms with van der Waals surface area (Å²) in [4.78, 5) is 0. The van der Waals surface area contributed by atoms with Crippen LogP contribution in [-0.4, -0.2) is 10.2 Å². The van der Waals surface area contributed by atoms with Crippen molar-refractivity contribution in [3.63, 3.8) is 0 Å². The van der Waals surface area contributed by atoms with E-state index in [9.17, 15) is 36.6 Å². The second-order valence-corrected chi connectivity index (χ2v) is 6.93. The van der Waals surface area contributed by atoms with Crippen LogP contribution in [0.5, 0.6) is 0 Å². The summed E-state index contributed by atoms with van der Waals surface area (Å²) in [7, 11) is 0. The van der Waals surface area contributed by atoms with E-state index in [1.54, 1.807) is 0 Å². The molecular weight excluding hydrogens is 362 g/mol. The second kappa shape index (κ2) is 6.28. The van der Waals surface area contributed by atoms with Gasteiger partial charge in [0.25, 0.3) is 0 Å². The van der Waals surface area contributed by atoms with Crippen molar-refractivity contribution in [1.29, 1.82) is 0 Å². The molecule has 0 atom stereocenters. The molecule has 2 nitrogen and oxygen atoms in total. The van der Waals surface area contributed by atoms with Crippen molar-refractivity contribution < 1.29 is 36.6 Å². The molecule has 8 heteroatoms. The molecule has 0 aromatic heterocycles. The lowest BCUT2D eigenvalue weighted by Gasteiger charge is -2.24. The van der Waals surface area contributed by atoms with Gasteiger partial charge in [-0.2, -0.15) is 0 Å². The second-order valence-electron chi connectivity index (χ2n) is 6.93. The van der Waals surface area contributed by atoms with Gasteiger partial charge in [0.05, 0.1) is 33.5 Å². The summed E-state index contributed by atoms with van der Waals surface area (Å²) < 4.78 is 85.7. The van der Waals surface area contributed by atoms with Gasteiger partial charge in [-0.1, -0.05) is 0 Å². The van der Waals surface area contributed by atoms with Gasteiger partial charge >= 0.3 is 0 Å².